The van der Waals surface area contributed by atoms with Gasteiger partial charge in [-0.2, -0.15) is 0 Å². The van der Waals surface area contributed by atoms with E-state index in [0.29, 0.717) is 12.8 Å². The Kier molecular flexibility index (Phi) is 37.6. The highest BCUT2D eigenvalue weighted by Crippen LogP contribution is 2.17. The first-order chi connectivity index (χ1) is 23.1. The summed E-state index contributed by atoms with van der Waals surface area (Å²) in [4.78, 5) is 12.4. The van der Waals surface area contributed by atoms with E-state index in [4.69, 9.17) is 0 Å². The summed E-state index contributed by atoms with van der Waals surface area (Å²) in [6.07, 6.45) is 42.3. The third-order valence-electron chi connectivity index (χ3n) is 10.2. The summed E-state index contributed by atoms with van der Waals surface area (Å²) >= 11 is 0. The van der Waals surface area contributed by atoms with Gasteiger partial charge in [-0.3, -0.25) is 4.79 Å². The Morgan fingerprint density at radius 1 is 0.447 bits per heavy atom. The van der Waals surface area contributed by atoms with Gasteiger partial charge in [0.25, 0.3) is 0 Å². The fourth-order valence-corrected chi connectivity index (χ4v) is 6.87. The maximum atomic E-state index is 12.4. The Hall–Kier alpha value is -0.650. The summed E-state index contributed by atoms with van der Waals surface area (Å²) in [5.74, 6) is -0.142. The molecule has 1 amide bonds. The van der Waals surface area contributed by atoms with E-state index >= 15 is 0 Å². The van der Waals surface area contributed by atoms with Crippen LogP contribution in [0, 0.1) is 0 Å². The predicted molar refractivity (Wildman–Crippen MR) is 204 cm³/mol. The SMILES string of the molecule is CCCCCCCCCCCCCCCCCCCCCCCCCCCC(=O)N[C@@H](CO)[C@H](O)[C@H](O)CCCCCCCCCC. The number of carbonyl (C=O) groups is 1. The molecule has 0 bridgehead atoms. The molecule has 0 spiro atoms. The van der Waals surface area contributed by atoms with Crippen LogP contribution in [0.1, 0.15) is 239 Å². The average Bonchev–Trinajstić information content (AvgIpc) is 3.07. The molecule has 0 aliphatic carbocycles. The van der Waals surface area contributed by atoms with Gasteiger partial charge in [0.15, 0.2) is 0 Å². The van der Waals surface area contributed by atoms with E-state index in [9.17, 15) is 20.1 Å². The van der Waals surface area contributed by atoms with E-state index in [2.05, 4.69) is 19.2 Å². The highest BCUT2D eigenvalue weighted by atomic mass is 16.3. The van der Waals surface area contributed by atoms with Crippen molar-refractivity contribution in [1.82, 2.24) is 5.32 Å². The minimum atomic E-state index is -1.13. The summed E-state index contributed by atoms with van der Waals surface area (Å²) in [7, 11) is 0. The topological polar surface area (TPSA) is 89.8 Å². The summed E-state index contributed by atoms with van der Waals surface area (Å²) in [5, 5.41) is 33.3. The number of nitrogens with one attached hydrogen (secondary N) is 1. The lowest BCUT2D eigenvalue weighted by atomic mass is 9.99. The van der Waals surface area contributed by atoms with Crippen molar-refractivity contribution in [2.24, 2.45) is 0 Å². The van der Waals surface area contributed by atoms with Gasteiger partial charge in [0.05, 0.1) is 18.8 Å². The van der Waals surface area contributed by atoms with Crippen molar-refractivity contribution in [3.8, 4) is 0 Å². The quantitative estimate of drug-likeness (QED) is 0.0491. The first-order valence-electron chi connectivity index (χ1n) is 21.3. The second-order valence-corrected chi connectivity index (χ2v) is 14.9. The van der Waals surface area contributed by atoms with Gasteiger partial charge in [-0.25, -0.2) is 0 Å². The van der Waals surface area contributed by atoms with Gasteiger partial charge in [0, 0.05) is 6.42 Å². The van der Waals surface area contributed by atoms with Crippen molar-refractivity contribution < 1.29 is 20.1 Å². The van der Waals surface area contributed by atoms with Gasteiger partial charge in [-0.1, -0.05) is 219 Å². The van der Waals surface area contributed by atoms with E-state index < -0.39 is 18.2 Å². The zero-order valence-electron chi connectivity index (χ0n) is 31.9. The van der Waals surface area contributed by atoms with Gasteiger partial charge in [-0.05, 0) is 12.8 Å². The molecule has 5 nitrogen and oxygen atoms in total. The molecule has 0 fully saturated rings. The normalized spacial score (nSPS) is 13.6. The molecular weight excluding hydrogens is 582 g/mol. The van der Waals surface area contributed by atoms with Crippen LogP contribution in [-0.2, 0) is 4.79 Å². The minimum Gasteiger partial charge on any atom is -0.394 e. The second kappa shape index (κ2) is 38.2. The third-order valence-corrected chi connectivity index (χ3v) is 10.2. The highest BCUT2D eigenvalue weighted by molar-refractivity contribution is 5.76. The van der Waals surface area contributed by atoms with E-state index in [-0.39, 0.29) is 12.5 Å². The Bertz CT molecular complexity index is 615. The van der Waals surface area contributed by atoms with E-state index in [1.807, 2.05) is 0 Å². The Labute approximate surface area is 294 Å². The number of carbonyl (C=O) groups excluding carboxylic acids is 1. The van der Waals surface area contributed by atoms with Crippen molar-refractivity contribution in [1.29, 1.82) is 0 Å². The summed E-state index contributed by atoms with van der Waals surface area (Å²) in [5.41, 5.74) is 0. The Balaban J connectivity index is 3.47. The van der Waals surface area contributed by atoms with Crippen LogP contribution in [0.25, 0.3) is 0 Å². The number of amides is 1. The summed E-state index contributed by atoms with van der Waals surface area (Å²) in [6, 6.07) is -0.800. The van der Waals surface area contributed by atoms with Gasteiger partial charge in [0.1, 0.15) is 6.10 Å². The van der Waals surface area contributed by atoms with Crippen LogP contribution in [0.2, 0.25) is 0 Å². The lowest BCUT2D eigenvalue weighted by molar-refractivity contribution is -0.124. The smallest absolute Gasteiger partial charge is 0.220 e. The van der Waals surface area contributed by atoms with Crippen LogP contribution in [0.15, 0.2) is 0 Å². The van der Waals surface area contributed by atoms with E-state index in [1.165, 1.54) is 173 Å². The van der Waals surface area contributed by atoms with Crippen molar-refractivity contribution in [3.63, 3.8) is 0 Å². The zero-order valence-corrected chi connectivity index (χ0v) is 31.9. The monoisotopic (exact) mass is 668 g/mol. The molecule has 0 saturated carbocycles. The molecule has 47 heavy (non-hydrogen) atoms. The molecule has 0 aliphatic rings. The maximum Gasteiger partial charge on any atom is 0.220 e. The summed E-state index contributed by atoms with van der Waals surface area (Å²) in [6.45, 7) is 4.15. The highest BCUT2D eigenvalue weighted by Gasteiger charge is 2.26. The molecule has 0 aromatic carbocycles. The van der Waals surface area contributed by atoms with Gasteiger partial charge >= 0.3 is 0 Å². The van der Waals surface area contributed by atoms with Crippen LogP contribution in [0.3, 0.4) is 0 Å². The standard InChI is InChI=1S/C42H85NO4/c1-3-5-7-9-11-13-14-15-16-17-18-19-20-21-22-23-24-25-26-27-28-29-31-33-35-37-41(46)43-39(38-44)42(47)40(45)36-34-32-30-12-10-8-6-4-2/h39-40,42,44-45,47H,3-38H2,1-2H3,(H,43,46)/t39-,40+,42-/m0/s1. The fraction of sp³-hybridized carbons (Fsp3) is 0.976. The lowest BCUT2D eigenvalue weighted by Crippen LogP contribution is -2.50. The molecule has 4 N–H and O–H groups in total. The first-order valence-corrected chi connectivity index (χ1v) is 21.3. The van der Waals surface area contributed by atoms with Crippen molar-refractivity contribution in [2.45, 2.75) is 257 Å². The molecule has 0 rings (SSSR count). The number of rotatable bonds is 39. The van der Waals surface area contributed by atoms with Crippen LogP contribution in [0.5, 0.6) is 0 Å². The Morgan fingerprint density at radius 2 is 0.723 bits per heavy atom. The number of aliphatic hydroxyl groups is 3. The van der Waals surface area contributed by atoms with E-state index in [1.54, 1.807) is 0 Å². The first kappa shape index (κ1) is 46.4. The van der Waals surface area contributed by atoms with Crippen LogP contribution in [0.4, 0.5) is 0 Å². The third kappa shape index (κ3) is 33.6. The molecule has 5 heteroatoms. The molecule has 0 heterocycles. The zero-order chi connectivity index (χ0) is 34.5. The molecule has 0 saturated heterocycles. The van der Waals surface area contributed by atoms with Crippen molar-refractivity contribution >= 4 is 5.91 Å². The van der Waals surface area contributed by atoms with Crippen LogP contribution < -0.4 is 5.32 Å². The van der Waals surface area contributed by atoms with Gasteiger partial charge < -0.3 is 20.6 Å². The number of hydrogen-bond donors (Lipinski definition) is 4. The predicted octanol–water partition coefficient (Wildman–Crippen LogP) is 11.9. The number of hydrogen-bond acceptors (Lipinski definition) is 4. The maximum absolute atomic E-state index is 12.4. The Morgan fingerprint density at radius 3 is 1.02 bits per heavy atom. The van der Waals surface area contributed by atoms with Gasteiger partial charge in [-0.15, -0.1) is 0 Å². The molecule has 282 valence electrons. The number of unbranched alkanes of at least 4 members (excludes halogenated alkanes) is 31. The van der Waals surface area contributed by atoms with Crippen LogP contribution in [-0.4, -0.2) is 46.1 Å². The molecule has 3 atom stereocenters. The average molecular weight is 668 g/mol. The molecule has 0 aromatic heterocycles. The van der Waals surface area contributed by atoms with E-state index in [0.717, 1.165) is 38.5 Å². The molecular formula is C42H85NO4. The van der Waals surface area contributed by atoms with Crippen molar-refractivity contribution in [2.75, 3.05) is 6.61 Å². The number of aliphatic hydroxyl groups excluding tert-OH is 3. The minimum absolute atomic E-state index is 0.142. The molecule has 0 radical (unpaired) electrons. The summed E-state index contributed by atoms with van der Waals surface area (Å²) < 4.78 is 0. The largest absolute Gasteiger partial charge is 0.394 e. The molecule has 0 aliphatic heterocycles. The molecule has 0 unspecified atom stereocenters. The van der Waals surface area contributed by atoms with Crippen LogP contribution >= 0.6 is 0 Å². The molecule has 0 aromatic rings. The van der Waals surface area contributed by atoms with Gasteiger partial charge in [0.2, 0.25) is 5.91 Å². The second-order valence-electron chi connectivity index (χ2n) is 14.9. The fourth-order valence-electron chi connectivity index (χ4n) is 6.87. The lowest BCUT2D eigenvalue weighted by Gasteiger charge is -2.26. The van der Waals surface area contributed by atoms with Crippen molar-refractivity contribution in [3.05, 3.63) is 0 Å².